The van der Waals surface area contributed by atoms with E-state index in [1.165, 1.54) is 0 Å². The lowest BCUT2D eigenvalue weighted by Gasteiger charge is -2.37. The van der Waals surface area contributed by atoms with Crippen molar-refractivity contribution >= 4 is 36.2 Å². The first-order chi connectivity index (χ1) is 28.9. The van der Waals surface area contributed by atoms with Gasteiger partial charge in [0, 0.05) is 12.5 Å². The van der Waals surface area contributed by atoms with Crippen molar-refractivity contribution in [2.75, 3.05) is 27.4 Å². The molecule has 5 aromatic rings. The Bertz CT molecular complexity index is 2090. The standard InChI is InChI=1S/C48H51N3O9/c1-47(2,3)60-45(54)50-42(27-28-43(52)51-48(36-15-9-6-10-16-36,37-17-11-7-12-18-37)38-19-13-8-14-20-38)44(53)49-29-30-58-46(55)59-39-25-23-34(24-26-39)21-22-35-31-40(56-4)33-41(32-35)57-5/h6-26,31-33,42H,27-30H2,1-5H3,(H,49,53)(H,50,54)(H,51,52). The smallest absolute Gasteiger partial charge is 0.497 e. The predicted molar refractivity (Wildman–Crippen MR) is 230 cm³/mol. The number of hydrogen-bond acceptors (Lipinski definition) is 9. The number of nitrogens with one attached hydrogen (secondary N) is 3. The third-order valence-corrected chi connectivity index (χ3v) is 9.16. The molecule has 5 rings (SSSR count). The number of carbonyl (C=O) groups is 4. The molecule has 0 radical (unpaired) electrons. The van der Waals surface area contributed by atoms with Crippen LogP contribution >= 0.6 is 0 Å². The van der Waals surface area contributed by atoms with Gasteiger partial charge in [0.25, 0.3) is 0 Å². The molecule has 0 aliphatic rings. The molecule has 0 aliphatic heterocycles. The maximum Gasteiger partial charge on any atom is 0.513 e. The van der Waals surface area contributed by atoms with E-state index in [0.29, 0.717) is 11.5 Å². The van der Waals surface area contributed by atoms with Crippen LogP contribution in [0.25, 0.3) is 12.2 Å². The molecule has 5 aromatic carbocycles. The second-order valence-corrected chi connectivity index (χ2v) is 14.7. The zero-order valence-corrected chi connectivity index (χ0v) is 34.4. The predicted octanol–water partition coefficient (Wildman–Crippen LogP) is 8.29. The van der Waals surface area contributed by atoms with Crippen LogP contribution in [0.2, 0.25) is 0 Å². The van der Waals surface area contributed by atoms with E-state index in [0.717, 1.165) is 27.8 Å². The quantitative estimate of drug-likeness (QED) is 0.0277. The van der Waals surface area contributed by atoms with Crippen LogP contribution in [-0.2, 0) is 24.6 Å². The minimum absolute atomic E-state index is 0.0623. The zero-order chi connectivity index (χ0) is 43.0. The SMILES string of the molecule is COc1cc(C=Cc2ccc(OC(=O)OCCNC(=O)C(CCC(=O)NC(c3ccccc3)(c3ccccc3)c3ccccc3)NC(=O)OC(C)(C)C)cc2)cc(OC)c1. The molecule has 0 heterocycles. The summed E-state index contributed by atoms with van der Waals surface area (Å²) in [6, 6.07) is 40.1. The lowest BCUT2D eigenvalue weighted by atomic mass is 9.77. The first kappa shape index (κ1) is 44.0. The molecule has 0 aliphatic carbocycles. The van der Waals surface area contributed by atoms with Gasteiger partial charge in [-0.3, -0.25) is 9.59 Å². The van der Waals surface area contributed by atoms with Crippen molar-refractivity contribution in [3.63, 3.8) is 0 Å². The summed E-state index contributed by atoms with van der Waals surface area (Å²) in [4.78, 5) is 52.8. The second kappa shape index (κ2) is 21.1. The summed E-state index contributed by atoms with van der Waals surface area (Å²) in [5.74, 6) is 0.647. The number of hydrogen-bond donors (Lipinski definition) is 3. The number of alkyl carbamates (subject to hydrolysis) is 1. The summed E-state index contributed by atoms with van der Waals surface area (Å²) in [6.45, 7) is 4.80. The molecule has 12 heteroatoms. The van der Waals surface area contributed by atoms with Crippen LogP contribution in [0.5, 0.6) is 17.2 Å². The van der Waals surface area contributed by atoms with Crippen molar-refractivity contribution in [3.05, 3.63) is 161 Å². The Labute approximate surface area is 350 Å². The molecule has 60 heavy (non-hydrogen) atoms. The average Bonchev–Trinajstić information content (AvgIpc) is 3.25. The van der Waals surface area contributed by atoms with E-state index in [1.807, 2.05) is 115 Å². The number of carbonyl (C=O) groups excluding carboxylic acids is 4. The molecule has 1 atom stereocenters. The van der Waals surface area contributed by atoms with E-state index in [1.54, 1.807) is 65.3 Å². The van der Waals surface area contributed by atoms with Crippen molar-refractivity contribution in [2.45, 2.75) is 50.8 Å². The fourth-order valence-corrected chi connectivity index (χ4v) is 6.37. The molecule has 12 nitrogen and oxygen atoms in total. The first-order valence-corrected chi connectivity index (χ1v) is 19.5. The Morgan fingerprint density at radius 2 is 1.17 bits per heavy atom. The summed E-state index contributed by atoms with van der Waals surface area (Å²) in [7, 11) is 3.18. The lowest BCUT2D eigenvalue weighted by molar-refractivity contribution is -0.124. The molecule has 0 saturated carbocycles. The largest absolute Gasteiger partial charge is 0.513 e. The Morgan fingerprint density at radius 1 is 0.650 bits per heavy atom. The third-order valence-electron chi connectivity index (χ3n) is 9.16. The van der Waals surface area contributed by atoms with Crippen LogP contribution < -0.4 is 30.2 Å². The Hall–Kier alpha value is -7.08. The van der Waals surface area contributed by atoms with Crippen molar-refractivity contribution in [3.8, 4) is 17.2 Å². The molecule has 0 saturated heterocycles. The molecule has 0 spiro atoms. The van der Waals surface area contributed by atoms with Crippen LogP contribution in [0.3, 0.4) is 0 Å². The molecule has 3 N–H and O–H groups in total. The van der Waals surface area contributed by atoms with Gasteiger partial charge in [0.05, 0.1) is 20.8 Å². The number of methoxy groups -OCH3 is 2. The number of amides is 3. The fraction of sp³-hybridized carbons (Fsp3) is 0.250. The Morgan fingerprint density at radius 3 is 1.67 bits per heavy atom. The highest BCUT2D eigenvalue weighted by molar-refractivity contribution is 5.87. The molecule has 312 valence electrons. The minimum atomic E-state index is -1.16. The molecule has 0 fully saturated rings. The Kier molecular flexibility index (Phi) is 15.5. The van der Waals surface area contributed by atoms with Crippen molar-refractivity contribution in [1.29, 1.82) is 0 Å². The average molecular weight is 814 g/mol. The molecule has 3 amide bonds. The van der Waals surface area contributed by atoms with Gasteiger partial charge in [0.15, 0.2) is 0 Å². The van der Waals surface area contributed by atoms with E-state index in [2.05, 4.69) is 16.0 Å². The summed E-state index contributed by atoms with van der Waals surface area (Å²) in [6.07, 6.45) is 1.82. The van der Waals surface area contributed by atoms with E-state index < -0.39 is 35.3 Å². The Balaban J connectivity index is 1.19. The van der Waals surface area contributed by atoms with Gasteiger partial charge >= 0.3 is 12.2 Å². The third kappa shape index (κ3) is 12.7. The van der Waals surface area contributed by atoms with Crippen molar-refractivity contribution < 1.29 is 42.9 Å². The number of ether oxygens (including phenoxy) is 5. The van der Waals surface area contributed by atoms with E-state index >= 15 is 0 Å². The molecule has 0 aromatic heterocycles. The summed E-state index contributed by atoms with van der Waals surface area (Å²) < 4.78 is 26.6. The lowest BCUT2D eigenvalue weighted by Crippen LogP contribution is -2.50. The number of rotatable bonds is 17. The normalized spacial score (nSPS) is 11.8. The van der Waals surface area contributed by atoms with E-state index in [-0.39, 0.29) is 37.6 Å². The monoisotopic (exact) mass is 813 g/mol. The van der Waals surface area contributed by atoms with Crippen LogP contribution in [0.1, 0.15) is 61.4 Å². The van der Waals surface area contributed by atoms with Crippen LogP contribution in [0, 0.1) is 0 Å². The van der Waals surface area contributed by atoms with E-state index in [4.69, 9.17) is 23.7 Å². The van der Waals surface area contributed by atoms with Crippen LogP contribution in [-0.4, -0.2) is 63.1 Å². The van der Waals surface area contributed by atoms with Crippen molar-refractivity contribution in [2.24, 2.45) is 0 Å². The van der Waals surface area contributed by atoms with Crippen molar-refractivity contribution in [1.82, 2.24) is 16.0 Å². The number of benzene rings is 5. The molecular weight excluding hydrogens is 763 g/mol. The highest BCUT2D eigenvalue weighted by Gasteiger charge is 2.38. The van der Waals surface area contributed by atoms with Gasteiger partial charge in [-0.15, -0.1) is 0 Å². The highest BCUT2D eigenvalue weighted by Crippen LogP contribution is 2.37. The maximum absolute atomic E-state index is 14.0. The topological polar surface area (TPSA) is 151 Å². The van der Waals surface area contributed by atoms with Gasteiger partial charge in [0.2, 0.25) is 11.8 Å². The summed E-state index contributed by atoms with van der Waals surface area (Å²) in [5.41, 5.74) is 2.36. The zero-order valence-electron chi connectivity index (χ0n) is 34.4. The van der Waals surface area contributed by atoms with Gasteiger partial charge in [-0.1, -0.05) is 115 Å². The van der Waals surface area contributed by atoms with Gasteiger partial charge in [-0.25, -0.2) is 9.59 Å². The molecular formula is C48H51N3O9. The van der Waals surface area contributed by atoms with Crippen LogP contribution in [0.4, 0.5) is 9.59 Å². The maximum atomic E-state index is 14.0. The second-order valence-electron chi connectivity index (χ2n) is 14.7. The van der Waals surface area contributed by atoms with Gasteiger partial charge in [0.1, 0.15) is 41.0 Å². The summed E-state index contributed by atoms with van der Waals surface area (Å²) >= 11 is 0. The molecule has 0 bridgehead atoms. The van der Waals surface area contributed by atoms with Gasteiger partial charge < -0.3 is 39.6 Å². The fourth-order valence-electron chi connectivity index (χ4n) is 6.37. The highest BCUT2D eigenvalue weighted by atomic mass is 16.7. The molecule has 1 unspecified atom stereocenters. The summed E-state index contributed by atoms with van der Waals surface area (Å²) in [5, 5.41) is 8.55. The van der Waals surface area contributed by atoms with Crippen LogP contribution in [0.15, 0.2) is 133 Å². The first-order valence-electron chi connectivity index (χ1n) is 19.5. The van der Waals surface area contributed by atoms with E-state index in [9.17, 15) is 19.2 Å². The van der Waals surface area contributed by atoms with Gasteiger partial charge in [-0.05, 0) is 79.3 Å². The van der Waals surface area contributed by atoms with Gasteiger partial charge in [-0.2, -0.15) is 0 Å². The minimum Gasteiger partial charge on any atom is -0.497 e.